The molecule has 1 aromatic rings. The molecule has 3 nitrogen and oxygen atoms in total. The smallest absolute Gasteiger partial charge is 0.171 e. The molecule has 1 heterocycles. The van der Waals surface area contributed by atoms with Crippen molar-refractivity contribution >= 4 is 11.6 Å². The first kappa shape index (κ1) is 7.15. The Morgan fingerprint density at radius 2 is 2.40 bits per heavy atom. The van der Waals surface area contributed by atoms with Crippen molar-refractivity contribution in [3.8, 4) is 11.5 Å². The second-order valence-electron chi connectivity index (χ2n) is 1.69. The molecule has 0 amide bonds. The van der Waals surface area contributed by atoms with Crippen LogP contribution < -0.4 is 4.74 Å². The van der Waals surface area contributed by atoms with Gasteiger partial charge in [-0.15, -0.1) is 0 Å². The lowest BCUT2D eigenvalue weighted by Crippen LogP contribution is -1.85. The molecule has 54 valence electrons. The van der Waals surface area contributed by atoms with Gasteiger partial charge in [-0.3, -0.25) is 0 Å². The fourth-order valence-electron chi connectivity index (χ4n) is 0.561. The molecule has 1 aromatic heterocycles. The molecule has 0 saturated carbocycles. The normalized spacial score (nSPS) is 9.40. The summed E-state index contributed by atoms with van der Waals surface area (Å²) in [7, 11) is 1.46. The summed E-state index contributed by atoms with van der Waals surface area (Å²) in [4.78, 5) is 3.64. The summed E-state index contributed by atoms with van der Waals surface area (Å²) in [5, 5.41) is 9.12. The second kappa shape index (κ2) is 2.75. The lowest BCUT2D eigenvalue weighted by molar-refractivity contribution is 0.405. The van der Waals surface area contributed by atoms with Crippen molar-refractivity contribution in [3.63, 3.8) is 0 Å². The lowest BCUT2D eigenvalue weighted by atomic mass is 10.4. The molecule has 0 saturated heterocycles. The van der Waals surface area contributed by atoms with E-state index in [0.717, 1.165) is 0 Å². The molecule has 0 spiro atoms. The van der Waals surface area contributed by atoms with Crippen molar-refractivity contribution in [1.29, 1.82) is 0 Å². The lowest BCUT2D eigenvalue weighted by Gasteiger charge is -2.00. The Bertz CT molecular complexity index is 239. The minimum atomic E-state index is 0.0428. The standard InChI is InChI=1S/C6H6ClNO2/c1-10-5-2-4(9)3-8-6(5)7/h2-3,9H,1H3. The highest BCUT2D eigenvalue weighted by molar-refractivity contribution is 6.30. The Labute approximate surface area is 63.2 Å². The highest BCUT2D eigenvalue weighted by atomic mass is 35.5. The topological polar surface area (TPSA) is 42.4 Å². The van der Waals surface area contributed by atoms with Crippen LogP contribution in [-0.2, 0) is 0 Å². The van der Waals surface area contributed by atoms with E-state index in [2.05, 4.69) is 4.98 Å². The van der Waals surface area contributed by atoms with Crippen LogP contribution in [0.25, 0.3) is 0 Å². The maximum atomic E-state index is 8.87. The molecule has 0 unspecified atom stereocenters. The summed E-state index contributed by atoms with van der Waals surface area (Å²) in [6, 6.07) is 1.40. The van der Waals surface area contributed by atoms with E-state index >= 15 is 0 Å². The Morgan fingerprint density at radius 3 is 2.90 bits per heavy atom. The first-order chi connectivity index (χ1) is 4.74. The second-order valence-corrected chi connectivity index (χ2v) is 2.04. The van der Waals surface area contributed by atoms with E-state index in [-0.39, 0.29) is 10.9 Å². The summed E-state index contributed by atoms with van der Waals surface area (Å²) in [6.07, 6.45) is 1.25. The van der Waals surface area contributed by atoms with Gasteiger partial charge < -0.3 is 9.84 Å². The zero-order valence-corrected chi connectivity index (χ0v) is 6.09. The largest absolute Gasteiger partial charge is 0.506 e. The molecule has 0 radical (unpaired) electrons. The van der Waals surface area contributed by atoms with Crippen LogP contribution in [0.4, 0.5) is 0 Å². The number of hydrogen-bond acceptors (Lipinski definition) is 3. The molecule has 0 fully saturated rings. The Hall–Kier alpha value is -0.960. The summed E-state index contributed by atoms with van der Waals surface area (Å²) in [5.41, 5.74) is 0. The van der Waals surface area contributed by atoms with Gasteiger partial charge in [0.05, 0.1) is 13.3 Å². The van der Waals surface area contributed by atoms with Crippen LogP contribution in [0.5, 0.6) is 11.5 Å². The highest BCUT2D eigenvalue weighted by Gasteiger charge is 2.00. The summed E-state index contributed by atoms with van der Waals surface area (Å²) >= 11 is 5.55. The van der Waals surface area contributed by atoms with Gasteiger partial charge in [-0.1, -0.05) is 11.6 Å². The molecule has 0 aliphatic carbocycles. The van der Waals surface area contributed by atoms with Gasteiger partial charge in [-0.05, 0) is 0 Å². The van der Waals surface area contributed by atoms with E-state index in [4.69, 9.17) is 21.4 Å². The minimum Gasteiger partial charge on any atom is -0.506 e. The molecular weight excluding hydrogens is 154 g/mol. The Kier molecular flexibility index (Phi) is 1.97. The molecule has 0 aliphatic heterocycles. The van der Waals surface area contributed by atoms with Crippen molar-refractivity contribution in [1.82, 2.24) is 4.98 Å². The van der Waals surface area contributed by atoms with Crippen molar-refractivity contribution in [3.05, 3.63) is 17.4 Å². The highest BCUT2D eigenvalue weighted by Crippen LogP contribution is 2.24. The van der Waals surface area contributed by atoms with Crippen molar-refractivity contribution in [2.45, 2.75) is 0 Å². The van der Waals surface area contributed by atoms with Crippen LogP contribution in [-0.4, -0.2) is 17.2 Å². The van der Waals surface area contributed by atoms with E-state index in [9.17, 15) is 0 Å². The fourth-order valence-corrected chi connectivity index (χ4v) is 0.741. The van der Waals surface area contributed by atoms with E-state index < -0.39 is 0 Å². The monoisotopic (exact) mass is 159 g/mol. The van der Waals surface area contributed by atoms with Crippen LogP contribution in [0.1, 0.15) is 0 Å². The van der Waals surface area contributed by atoms with E-state index in [1.165, 1.54) is 19.4 Å². The predicted molar refractivity (Wildman–Crippen MR) is 37.5 cm³/mol. The molecule has 4 heteroatoms. The molecule has 0 bridgehead atoms. The molecule has 0 aliphatic rings. The number of nitrogens with zero attached hydrogens (tertiary/aromatic N) is 1. The molecule has 0 atom stereocenters. The number of aromatic hydroxyl groups is 1. The minimum absolute atomic E-state index is 0.0428. The third-order valence-electron chi connectivity index (χ3n) is 1.01. The van der Waals surface area contributed by atoms with Gasteiger partial charge >= 0.3 is 0 Å². The van der Waals surface area contributed by atoms with E-state index in [1.807, 2.05) is 0 Å². The average molecular weight is 160 g/mol. The SMILES string of the molecule is COc1cc(O)cnc1Cl. The van der Waals surface area contributed by atoms with Crippen molar-refractivity contribution in [2.75, 3.05) is 7.11 Å². The van der Waals surface area contributed by atoms with Crippen LogP contribution in [0.3, 0.4) is 0 Å². The molecule has 10 heavy (non-hydrogen) atoms. The first-order valence-electron chi connectivity index (χ1n) is 2.62. The number of ether oxygens (including phenoxy) is 1. The number of aromatic nitrogens is 1. The van der Waals surface area contributed by atoms with E-state index in [1.54, 1.807) is 0 Å². The average Bonchev–Trinajstić information content (AvgIpc) is 1.94. The van der Waals surface area contributed by atoms with Gasteiger partial charge in [0.15, 0.2) is 10.9 Å². The zero-order valence-electron chi connectivity index (χ0n) is 5.34. The number of hydrogen-bond donors (Lipinski definition) is 1. The first-order valence-corrected chi connectivity index (χ1v) is 3.00. The Morgan fingerprint density at radius 1 is 1.70 bits per heavy atom. The van der Waals surface area contributed by atoms with E-state index in [0.29, 0.717) is 5.75 Å². The van der Waals surface area contributed by atoms with Crippen LogP contribution in [0.15, 0.2) is 12.3 Å². The quantitative estimate of drug-likeness (QED) is 0.631. The molecular formula is C6H6ClNO2. The van der Waals surface area contributed by atoms with Gasteiger partial charge in [0.25, 0.3) is 0 Å². The zero-order chi connectivity index (χ0) is 7.56. The van der Waals surface area contributed by atoms with Gasteiger partial charge in [0.1, 0.15) is 5.75 Å². The van der Waals surface area contributed by atoms with Crippen LogP contribution in [0.2, 0.25) is 5.15 Å². The van der Waals surface area contributed by atoms with Gasteiger partial charge in [-0.2, -0.15) is 0 Å². The van der Waals surface area contributed by atoms with Gasteiger partial charge in [0, 0.05) is 6.07 Å². The van der Waals surface area contributed by atoms with Gasteiger partial charge in [-0.25, -0.2) is 4.98 Å². The predicted octanol–water partition coefficient (Wildman–Crippen LogP) is 1.45. The van der Waals surface area contributed by atoms with Crippen LogP contribution >= 0.6 is 11.6 Å². The maximum Gasteiger partial charge on any atom is 0.171 e. The number of rotatable bonds is 1. The molecule has 1 N–H and O–H groups in total. The summed E-state index contributed by atoms with van der Waals surface area (Å²) < 4.78 is 4.77. The molecule has 0 aromatic carbocycles. The van der Waals surface area contributed by atoms with Crippen molar-refractivity contribution in [2.24, 2.45) is 0 Å². The fraction of sp³-hybridized carbons (Fsp3) is 0.167. The number of pyridine rings is 1. The maximum absolute atomic E-state index is 8.87. The summed E-state index contributed by atoms with van der Waals surface area (Å²) in [5.74, 6) is 0.419. The summed E-state index contributed by atoms with van der Waals surface area (Å²) in [6.45, 7) is 0. The van der Waals surface area contributed by atoms with Gasteiger partial charge in [0.2, 0.25) is 0 Å². The third-order valence-corrected chi connectivity index (χ3v) is 1.30. The third kappa shape index (κ3) is 1.30. The number of halogens is 1. The number of methoxy groups -OCH3 is 1. The van der Waals surface area contributed by atoms with Crippen LogP contribution in [0, 0.1) is 0 Å². The molecule has 1 rings (SSSR count). The van der Waals surface area contributed by atoms with Crippen molar-refractivity contribution < 1.29 is 9.84 Å². The Balaban J connectivity index is 3.09.